The number of amides is 2. The van der Waals surface area contributed by atoms with Gasteiger partial charge in [0.05, 0.1) is 10.6 Å². The molecule has 202 valence electrons. The molecule has 0 fully saturated rings. The number of nitrogens with zero attached hydrogens (tertiary/aromatic N) is 2. The average molecular weight is 556 g/mol. The Bertz CT molecular complexity index is 1390. The summed E-state index contributed by atoms with van der Waals surface area (Å²) in [6.45, 7) is 9.05. The fourth-order valence-electron chi connectivity index (χ4n) is 4.20. The van der Waals surface area contributed by atoms with E-state index in [2.05, 4.69) is 5.32 Å². The van der Waals surface area contributed by atoms with Crippen LogP contribution in [0.5, 0.6) is 0 Å². The zero-order chi connectivity index (χ0) is 28.0. The number of sulfonamides is 1. The van der Waals surface area contributed by atoms with Gasteiger partial charge in [0.15, 0.2) is 0 Å². The van der Waals surface area contributed by atoms with Crippen molar-refractivity contribution in [2.45, 2.75) is 52.1 Å². The van der Waals surface area contributed by atoms with E-state index < -0.39 is 28.5 Å². The van der Waals surface area contributed by atoms with Crippen molar-refractivity contribution in [3.63, 3.8) is 0 Å². The Morgan fingerprint density at radius 2 is 1.55 bits per heavy atom. The zero-order valence-electron chi connectivity index (χ0n) is 22.4. The Balaban J connectivity index is 2.07. The van der Waals surface area contributed by atoms with E-state index in [-0.39, 0.29) is 17.3 Å². The number of halogens is 1. The first kappa shape index (κ1) is 29.2. The maximum atomic E-state index is 13.9. The first-order valence-electron chi connectivity index (χ1n) is 12.4. The third kappa shape index (κ3) is 7.14. The monoisotopic (exact) mass is 555 g/mol. The molecular formula is C29H34ClN3O4S. The van der Waals surface area contributed by atoms with Gasteiger partial charge in [-0.05, 0) is 87.7 Å². The molecule has 0 heterocycles. The lowest BCUT2D eigenvalue weighted by atomic mass is 10.1. The van der Waals surface area contributed by atoms with E-state index in [1.165, 1.54) is 17.0 Å². The quantitative estimate of drug-likeness (QED) is 0.381. The van der Waals surface area contributed by atoms with E-state index in [9.17, 15) is 18.0 Å². The first-order valence-corrected chi connectivity index (χ1v) is 14.2. The van der Waals surface area contributed by atoms with Gasteiger partial charge in [-0.25, -0.2) is 8.42 Å². The summed E-state index contributed by atoms with van der Waals surface area (Å²) >= 11 is 6.16. The average Bonchev–Trinajstić information content (AvgIpc) is 2.85. The van der Waals surface area contributed by atoms with Crippen molar-refractivity contribution in [3.05, 3.63) is 94.0 Å². The molecule has 3 rings (SSSR count). The summed E-state index contributed by atoms with van der Waals surface area (Å²) in [5.74, 6) is -0.846. The highest BCUT2D eigenvalue weighted by Gasteiger charge is 2.32. The summed E-state index contributed by atoms with van der Waals surface area (Å²) in [6, 6.07) is 18.1. The standard InChI is InChI=1S/C29H34ClN3O4S/c1-6-31-29(35)23(5)32(18-24-8-7-9-25(30)17-24)28(34)19-33(26-15-21(3)14-22(4)16-26)38(36,37)27-12-10-20(2)11-13-27/h7-17,23H,6,18-19H2,1-5H3,(H,31,35)/t23-/m0/s1. The number of rotatable bonds is 10. The number of nitrogens with one attached hydrogen (secondary N) is 1. The molecule has 1 atom stereocenters. The number of carbonyl (C=O) groups excluding carboxylic acids is 2. The van der Waals surface area contributed by atoms with E-state index in [4.69, 9.17) is 11.6 Å². The lowest BCUT2D eigenvalue weighted by Crippen LogP contribution is -2.51. The minimum Gasteiger partial charge on any atom is -0.355 e. The topological polar surface area (TPSA) is 86.8 Å². The number of benzene rings is 3. The van der Waals surface area contributed by atoms with Gasteiger partial charge in [0.1, 0.15) is 12.6 Å². The Kier molecular flexibility index (Phi) is 9.57. The third-order valence-electron chi connectivity index (χ3n) is 6.14. The van der Waals surface area contributed by atoms with E-state index in [0.29, 0.717) is 17.3 Å². The van der Waals surface area contributed by atoms with Gasteiger partial charge in [0.25, 0.3) is 10.0 Å². The highest BCUT2D eigenvalue weighted by Crippen LogP contribution is 2.27. The van der Waals surface area contributed by atoms with Crippen LogP contribution in [0, 0.1) is 20.8 Å². The Hall–Kier alpha value is -3.36. The van der Waals surface area contributed by atoms with E-state index in [1.54, 1.807) is 62.4 Å². The van der Waals surface area contributed by atoms with Crippen LogP contribution in [0.4, 0.5) is 5.69 Å². The smallest absolute Gasteiger partial charge is 0.264 e. The van der Waals surface area contributed by atoms with Crippen LogP contribution in [0.15, 0.2) is 71.6 Å². The van der Waals surface area contributed by atoms with Crippen LogP contribution in [0.1, 0.15) is 36.1 Å². The SMILES string of the molecule is CCNC(=O)[C@H](C)N(Cc1cccc(Cl)c1)C(=O)CN(c1cc(C)cc(C)c1)S(=O)(=O)c1ccc(C)cc1. The summed E-state index contributed by atoms with van der Waals surface area (Å²) in [4.78, 5) is 28.1. The van der Waals surface area contributed by atoms with Crippen molar-refractivity contribution in [3.8, 4) is 0 Å². The van der Waals surface area contributed by atoms with Crippen molar-refractivity contribution in [2.24, 2.45) is 0 Å². The van der Waals surface area contributed by atoms with Crippen LogP contribution in [-0.4, -0.2) is 44.3 Å². The van der Waals surface area contributed by atoms with Crippen molar-refractivity contribution in [2.75, 3.05) is 17.4 Å². The van der Waals surface area contributed by atoms with Gasteiger partial charge in [0.2, 0.25) is 11.8 Å². The van der Waals surface area contributed by atoms with E-state index >= 15 is 0 Å². The van der Waals surface area contributed by atoms with E-state index in [0.717, 1.165) is 26.6 Å². The Morgan fingerprint density at radius 1 is 0.921 bits per heavy atom. The number of hydrogen-bond donors (Lipinski definition) is 1. The molecule has 0 aliphatic rings. The molecule has 0 bridgehead atoms. The van der Waals surface area contributed by atoms with Crippen LogP contribution in [0.2, 0.25) is 5.02 Å². The molecule has 3 aromatic carbocycles. The molecule has 7 nitrogen and oxygen atoms in total. The van der Waals surface area contributed by atoms with Crippen molar-refractivity contribution in [1.29, 1.82) is 0 Å². The summed E-state index contributed by atoms with van der Waals surface area (Å²) in [6.07, 6.45) is 0. The molecule has 0 unspecified atom stereocenters. The molecule has 1 N–H and O–H groups in total. The van der Waals surface area contributed by atoms with Crippen LogP contribution in [0.25, 0.3) is 0 Å². The summed E-state index contributed by atoms with van der Waals surface area (Å²) < 4.78 is 28.9. The maximum absolute atomic E-state index is 13.9. The number of carbonyl (C=O) groups is 2. The normalized spacial score (nSPS) is 12.1. The summed E-state index contributed by atoms with van der Waals surface area (Å²) in [7, 11) is -4.10. The number of anilines is 1. The first-order chi connectivity index (χ1) is 17.9. The van der Waals surface area contributed by atoms with Crippen LogP contribution >= 0.6 is 11.6 Å². The largest absolute Gasteiger partial charge is 0.355 e. The van der Waals surface area contributed by atoms with Gasteiger partial charge in [-0.1, -0.05) is 47.5 Å². The van der Waals surface area contributed by atoms with Crippen LogP contribution in [-0.2, 0) is 26.2 Å². The fraction of sp³-hybridized carbons (Fsp3) is 0.310. The number of hydrogen-bond acceptors (Lipinski definition) is 4. The second-order valence-corrected chi connectivity index (χ2v) is 11.7. The lowest BCUT2D eigenvalue weighted by molar-refractivity contribution is -0.139. The van der Waals surface area contributed by atoms with Gasteiger partial charge in [0, 0.05) is 18.1 Å². The summed E-state index contributed by atoms with van der Waals surface area (Å²) in [5, 5.41) is 3.25. The molecule has 0 saturated carbocycles. The number of likely N-dealkylation sites (N-methyl/N-ethyl adjacent to an activating group) is 1. The Morgan fingerprint density at radius 3 is 2.13 bits per heavy atom. The molecule has 0 aliphatic carbocycles. The second-order valence-electron chi connectivity index (χ2n) is 9.39. The highest BCUT2D eigenvalue weighted by atomic mass is 35.5. The molecule has 3 aromatic rings. The van der Waals surface area contributed by atoms with Crippen LogP contribution in [0.3, 0.4) is 0 Å². The van der Waals surface area contributed by atoms with Gasteiger partial charge in [-0.3, -0.25) is 13.9 Å². The fourth-order valence-corrected chi connectivity index (χ4v) is 5.81. The van der Waals surface area contributed by atoms with Crippen molar-refractivity contribution < 1.29 is 18.0 Å². The molecule has 0 saturated heterocycles. The van der Waals surface area contributed by atoms with Crippen molar-refractivity contribution in [1.82, 2.24) is 10.2 Å². The highest BCUT2D eigenvalue weighted by molar-refractivity contribution is 7.92. The molecule has 0 spiro atoms. The molecule has 0 aromatic heterocycles. The second kappa shape index (κ2) is 12.5. The van der Waals surface area contributed by atoms with E-state index in [1.807, 2.05) is 26.8 Å². The maximum Gasteiger partial charge on any atom is 0.264 e. The predicted octanol–water partition coefficient (Wildman–Crippen LogP) is 5.01. The predicted molar refractivity (Wildman–Crippen MR) is 152 cm³/mol. The van der Waals surface area contributed by atoms with Gasteiger partial charge in [-0.2, -0.15) is 0 Å². The molecule has 0 aliphatic heterocycles. The zero-order valence-corrected chi connectivity index (χ0v) is 23.9. The summed E-state index contributed by atoms with van der Waals surface area (Å²) in [5.41, 5.74) is 3.75. The van der Waals surface area contributed by atoms with Gasteiger partial charge >= 0.3 is 0 Å². The van der Waals surface area contributed by atoms with Gasteiger partial charge < -0.3 is 10.2 Å². The van der Waals surface area contributed by atoms with Gasteiger partial charge in [-0.15, -0.1) is 0 Å². The molecular weight excluding hydrogens is 522 g/mol. The molecule has 0 radical (unpaired) electrons. The van der Waals surface area contributed by atoms with Crippen LogP contribution < -0.4 is 9.62 Å². The minimum absolute atomic E-state index is 0.0771. The minimum atomic E-state index is -4.10. The Labute approximate surface area is 230 Å². The lowest BCUT2D eigenvalue weighted by Gasteiger charge is -2.32. The molecule has 9 heteroatoms. The number of aryl methyl sites for hydroxylation is 3. The van der Waals surface area contributed by atoms with Crippen molar-refractivity contribution >= 4 is 39.1 Å². The molecule has 2 amide bonds. The molecule has 38 heavy (non-hydrogen) atoms. The third-order valence-corrected chi connectivity index (χ3v) is 8.17.